The first-order valence-corrected chi connectivity index (χ1v) is 5.52. The van der Waals surface area contributed by atoms with Crippen LogP contribution in [0.5, 0.6) is 0 Å². The first-order chi connectivity index (χ1) is 8.54. The molecule has 0 spiro atoms. The highest BCUT2D eigenvalue weighted by Crippen LogP contribution is 2.03. The lowest BCUT2D eigenvalue weighted by Crippen LogP contribution is -2.30. The second kappa shape index (κ2) is 6.73. The summed E-state index contributed by atoms with van der Waals surface area (Å²) in [5.74, 6) is -1.60. The van der Waals surface area contributed by atoms with Crippen molar-refractivity contribution in [3.8, 4) is 0 Å². The molecular weight excluding hydrogens is 236 g/mol. The van der Waals surface area contributed by atoms with Crippen LogP contribution in [-0.2, 0) is 11.3 Å². The van der Waals surface area contributed by atoms with Gasteiger partial charge in [-0.1, -0.05) is 12.1 Å². The maximum atomic E-state index is 11.6. The molecule has 18 heavy (non-hydrogen) atoms. The van der Waals surface area contributed by atoms with Crippen LogP contribution in [0.25, 0.3) is 0 Å². The number of hydrogen-bond donors (Lipinski definition) is 4. The van der Waals surface area contributed by atoms with Crippen LogP contribution in [0, 0.1) is 0 Å². The molecular formula is C12H16N2O4. The molecule has 0 aromatic heterocycles. The third-order valence-electron chi connectivity index (χ3n) is 2.44. The highest BCUT2D eigenvalue weighted by Gasteiger charge is 2.13. The normalized spacial score (nSPS) is 11.9. The Morgan fingerprint density at radius 3 is 2.39 bits per heavy atom. The van der Waals surface area contributed by atoms with E-state index < -0.39 is 12.1 Å². The van der Waals surface area contributed by atoms with Crippen molar-refractivity contribution in [1.29, 1.82) is 0 Å². The molecule has 0 aliphatic rings. The van der Waals surface area contributed by atoms with Gasteiger partial charge < -0.3 is 21.3 Å². The molecule has 6 heteroatoms. The standard InChI is InChI=1S/C12H16N2O4/c13-7-8-1-3-9(4-2-8)11(16)14-6-5-10(15)12(17)18/h1-4,10,15H,5-7,13H2,(H,14,16)(H,17,18). The Morgan fingerprint density at radius 2 is 1.89 bits per heavy atom. The quantitative estimate of drug-likeness (QED) is 0.555. The van der Waals surface area contributed by atoms with Gasteiger partial charge in [-0.15, -0.1) is 0 Å². The van der Waals surface area contributed by atoms with Crippen LogP contribution in [0.3, 0.4) is 0 Å². The van der Waals surface area contributed by atoms with Crippen LogP contribution in [0.2, 0.25) is 0 Å². The summed E-state index contributed by atoms with van der Waals surface area (Å²) in [6.45, 7) is 0.512. The molecule has 5 N–H and O–H groups in total. The third-order valence-corrected chi connectivity index (χ3v) is 2.44. The van der Waals surface area contributed by atoms with Crippen molar-refractivity contribution in [2.75, 3.05) is 6.54 Å². The van der Waals surface area contributed by atoms with Crippen LogP contribution in [0.15, 0.2) is 24.3 Å². The van der Waals surface area contributed by atoms with E-state index in [1.165, 1.54) is 0 Å². The molecule has 0 aliphatic heterocycles. The van der Waals surface area contributed by atoms with Gasteiger partial charge in [0.1, 0.15) is 0 Å². The number of hydrogen-bond acceptors (Lipinski definition) is 4. The van der Waals surface area contributed by atoms with Gasteiger partial charge in [0, 0.05) is 25.1 Å². The highest BCUT2D eigenvalue weighted by atomic mass is 16.4. The molecule has 0 bridgehead atoms. The SMILES string of the molecule is NCc1ccc(C(=O)NCCC(O)C(=O)O)cc1. The van der Waals surface area contributed by atoms with Crippen molar-refractivity contribution < 1.29 is 19.8 Å². The molecule has 1 rings (SSSR count). The number of aliphatic hydroxyl groups is 1. The number of carboxylic acid groups (broad SMARTS) is 1. The van der Waals surface area contributed by atoms with Crippen LogP contribution in [0.1, 0.15) is 22.3 Å². The summed E-state index contributed by atoms with van der Waals surface area (Å²) in [6, 6.07) is 6.79. The predicted molar refractivity (Wildman–Crippen MR) is 64.9 cm³/mol. The van der Waals surface area contributed by atoms with Gasteiger partial charge in [-0.05, 0) is 17.7 Å². The lowest BCUT2D eigenvalue weighted by atomic mass is 10.1. The summed E-state index contributed by atoms with van der Waals surface area (Å²) >= 11 is 0. The van der Waals surface area contributed by atoms with E-state index in [9.17, 15) is 9.59 Å². The van der Waals surface area contributed by atoms with E-state index in [0.717, 1.165) is 5.56 Å². The average Bonchev–Trinajstić information content (AvgIpc) is 2.38. The molecule has 0 fully saturated rings. The Morgan fingerprint density at radius 1 is 1.28 bits per heavy atom. The summed E-state index contributed by atoms with van der Waals surface area (Å²) in [5, 5.41) is 20.0. The second-order valence-corrected chi connectivity index (χ2v) is 3.80. The van der Waals surface area contributed by atoms with Crippen molar-refractivity contribution in [1.82, 2.24) is 5.32 Å². The first kappa shape index (κ1) is 14.1. The largest absolute Gasteiger partial charge is 0.479 e. The van der Waals surface area contributed by atoms with E-state index in [-0.39, 0.29) is 18.9 Å². The highest BCUT2D eigenvalue weighted by molar-refractivity contribution is 5.94. The fraction of sp³-hybridized carbons (Fsp3) is 0.333. The smallest absolute Gasteiger partial charge is 0.332 e. The summed E-state index contributed by atoms with van der Waals surface area (Å²) < 4.78 is 0. The van der Waals surface area contributed by atoms with E-state index in [1.54, 1.807) is 24.3 Å². The Balaban J connectivity index is 2.42. The van der Waals surface area contributed by atoms with Gasteiger partial charge >= 0.3 is 5.97 Å². The maximum absolute atomic E-state index is 11.6. The minimum absolute atomic E-state index is 0.0258. The summed E-state index contributed by atoms with van der Waals surface area (Å²) in [4.78, 5) is 22.0. The molecule has 0 aliphatic carbocycles. The van der Waals surface area contributed by atoms with Crippen LogP contribution < -0.4 is 11.1 Å². The van der Waals surface area contributed by atoms with Crippen molar-refractivity contribution in [3.05, 3.63) is 35.4 Å². The molecule has 0 saturated heterocycles. The number of nitrogens with one attached hydrogen (secondary N) is 1. The zero-order chi connectivity index (χ0) is 13.5. The molecule has 1 amide bonds. The molecule has 0 heterocycles. The zero-order valence-electron chi connectivity index (χ0n) is 9.80. The number of benzene rings is 1. The first-order valence-electron chi connectivity index (χ1n) is 5.52. The molecule has 1 unspecified atom stereocenters. The Hall–Kier alpha value is -1.92. The van der Waals surface area contributed by atoms with Gasteiger partial charge in [0.05, 0.1) is 0 Å². The Labute approximate surface area is 104 Å². The number of aliphatic hydroxyl groups excluding tert-OH is 1. The zero-order valence-corrected chi connectivity index (χ0v) is 9.80. The minimum Gasteiger partial charge on any atom is -0.479 e. The van der Waals surface area contributed by atoms with Crippen molar-refractivity contribution in [3.63, 3.8) is 0 Å². The van der Waals surface area contributed by atoms with E-state index in [2.05, 4.69) is 5.32 Å². The molecule has 0 saturated carbocycles. The van der Waals surface area contributed by atoms with Crippen molar-refractivity contribution >= 4 is 11.9 Å². The summed E-state index contributed by atoms with van der Waals surface area (Å²) in [5.41, 5.74) is 6.83. The van der Waals surface area contributed by atoms with E-state index in [0.29, 0.717) is 12.1 Å². The Kier molecular flexibility index (Phi) is 5.29. The number of carboxylic acids is 1. The van der Waals surface area contributed by atoms with Gasteiger partial charge in [-0.25, -0.2) is 4.79 Å². The van der Waals surface area contributed by atoms with Gasteiger partial charge in [-0.2, -0.15) is 0 Å². The fourth-order valence-corrected chi connectivity index (χ4v) is 1.34. The van der Waals surface area contributed by atoms with Crippen molar-refractivity contribution in [2.45, 2.75) is 19.1 Å². The number of carbonyl (C=O) groups is 2. The van der Waals surface area contributed by atoms with Gasteiger partial charge in [0.15, 0.2) is 6.10 Å². The molecule has 1 atom stereocenters. The predicted octanol–water partition coefficient (Wildman–Crippen LogP) is -0.289. The van der Waals surface area contributed by atoms with E-state index in [1.807, 2.05) is 0 Å². The second-order valence-electron chi connectivity index (χ2n) is 3.80. The maximum Gasteiger partial charge on any atom is 0.332 e. The van der Waals surface area contributed by atoms with Crippen LogP contribution in [0.4, 0.5) is 0 Å². The van der Waals surface area contributed by atoms with Crippen LogP contribution in [-0.4, -0.2) is 34.7 Å². The lowest BCUT2D eigenvalue weighted by molar-refractivity contribution is -0.146. The van der Waals surface area contributed by atoms with Crippen LogP contribution >= 0.6 is 0 Å². The number of carbonyl (C=O) groups excluding carboxylic acids is 1. The van der Waals surface area contributed by atoms with E-state index >= 15 is 0 Å². The van der Waals surface area contributed by atoms with Gasteiger partial charge in [-0.3, -0.25) is 4.79 Å². The summed E-state index contributed by atoms with van der Waals surface area (Å²) in [6.07, 6.45) is -1.48. The summed E-state index contributed by atoms with van der Waals surface area (Å²) in [7, 11) is 0. The topological polar surface area (TPSA) is 113 Å². The third kappa shape index (κ3) is 4.15. The lowest BCUT2D eigenvalue weighted by Gasteiger charge is -2.07. The Bertz CT molecular complexity index is 417. The number of rotatable bonds is 6. The fourth-order valence-electron chi connectivity index (χ4n) is 1.34. The molecule has 1 aromatic carbocycles. The van der Waals surface area contributed by atoms with E-state index in [4.69, 9.17) is 15.9 Å². The monoisotopic (exact) mass is 252 g/mol. The molecule has 6 nitrogen and oxygen atoms in total. The number of amides is 1. The minimum atomic E-state index is -1.45. The average molecular weight is 252 g/mol. The number of nitrogens with two attached hydrogens (primary N) is 1. The molecule has 0 radical (unpaired) electrons. The molecule has 98 valence electrons. The molecule has 1 aromatic rings. The van der Waals surface area contributed by atoms with Gasteiger partial charge in [0.2, 0.25) is 0 Å². The van der Waals surface area contributed by atoms with Crippen molar-refractivity contribution in [2.24, 2.45) is 5.73 Å². The van der Waals surface area contributed by atoms with Gasteiger partial charge in [0.25, 0.3) is 5.91 Å². The number of aliphatic carboxylic acids is 1.